The summed E-state index contributed by atoms with van der Waals surface area (Å²) in [5.41, 5.74) is 6.33. The Morgan fingerprint density at radius 2 is 0.812 bits per heavy atom. The number of allylic oxidation sites excluding steroid dienone is 1. The lowest BCUT2D eigenvalue weighted by molar-refractivity contribution is 0.256. The van der Waals surface area contributed by atoms with Gasteiger partial charge in [0, 0.05) is 5.56 Å². The molecule has 0 spiro atoms. The van der Waals surface area contributed by atoms with Crippen molar-refractivity contribution in [2.24, 2.45) is 0 Å². The molecule has 0 aliphatic heterocycles. The predicted molar refractivity (Wildman–Crippen MR) is 196 cm³/mol. The van der Waals surface area contributed by atoms with Crippen LogP contribution in [0.25, 0.3) is 6.08 Å². The van der Waals surface area contributed by atoms with E-state index in [4.69, 9.17) is 31.6 Å². The van der Waals surface area contributed by atoms with Crippen molar-refractivity contribution in [1.82, 2.24) is 0 Å². The van der Waals surface area contributed by atoms with Crippen LogP contribution >= 0.6 is 12.6 Å². The molecular weight excluding hydrogens is 613 g/mol. The molecule has 0 aliphatic rings. The van der Waals surface area contributed by atoms with Gasteiger partial charge >= 0.3 is 0 Å². The zero-order valence-electron chi connectivity index (χ0n) is 26.7. The minimum atomic E-state index is 0.441. The molecule has 0 fully saturated rings. The van der Waals surface area contributed by atoms with Crippen molar-refractivity contribution in [2.45, 2.75) is 37.7 Å². The van der Waals surface area contributed by atoms with Gasteiger partial charge in [0.05, 0.1) is 4.90 Å². The average molecular weight is 651 g/mol. The molecule has 0 unspecified atom stereocenters. The highest BCUT2D eigenvalue weighted by molar-refractivity contribution is 7.80. The lowest BCUT2D eigenvalue weighted by Gasteiger charge is -2.17. The number of thiol groups is 1. The van der Waals surface area contributed by atoms with Gasteiger partial charge in [-0.2, -0.15) is 0 Å². The van der Waals surface area contributed by atoms with Gasteiger partial charge in [-0.15, -0.1) is 12.6 Å². The quantitative estimate of drug-likeness (QED) is 0.112. The van der Waals surface area contributed by atoms with Crippen molar-refractivity contribution in [3.8, 4) is 23.0 Å². The Bertz CT molecular complexity index is 1890. The number of hydrogen-bond donors (Lipinski definition) is 1. The maximum atomic E-state index is 6.32. The van der Waals surface area contributed by atoms with Crippen LogP contribution in [0.5, 0.6) is 23.0 Å². The first-order chi connectivity index (χ1) is 23.7. The molecule has 0 bridgehead atoms. The van der Waals surface area contributed by atoms with E-state index in [2.05, 4.69) is 60.7 Å². The van der Waals surface area contributed by atoms with Gasteiger partial charge in [0.1, 0.15) is 37.9 Å². The Morgan fingerprint density at radius 1 is 0.417 bits per heavy atom. The summed E-state index contributed by atoms with van der Waals surface area (Å²) in [6.07, 6.45) is 4.80. The van der Waals surface area contributed by atoms with E-state index in [-0.39, 0.29) is 0 Å². The standard InChI is InChI=1S/C43H38O4S/c48-43-38(39(44-29-34-14-5-1-6-15-34)26-27-41(43)46-31-36-18-9-3-10-19-36)23-13-22-33-24-25-40(45-30-35-16-7-2-8-17-35)42(28-33)47-32-37-20-11-4-12-21-37/h1-22,24-28,48H,23,29-32H2/b22-13+. The van der Waals surface area contributed by atoms with Crippen molar-refractivity contribution in [3.05, 3.63) is 191 Å². The summed E-state index contributed by atoms with van der Waals surface area (Å²) >= 11 is 4.94. The highest BCUT2D eigenvalue weighted by atomic mass is 32.1. The summed E-state index contributed by atoms with van der Waals surface area (Å²) in [6.45, 7) is 1.81. The molecule has 0 heterocycles. The highest BCUT2D eigenvalue weighted by Gasteiger charge is 2.14. The molecule has 6 rings (SSSR count). The topological polar surface area (TPSA) is 36.9 Å². The minimum absolute atomic E-state index is 0.441. The normalized spacial score (nSPS) is 10.9. The monoisotopic (exact) mass is 650 g/mol. The summed E-state index contributed by atoms with van der Waals surface area (Å²) in [4.78, 5) is 0.762. The average Bonchev–Trinajstić information content (AvgIpc) is 3.15. The van der Waals surface area contributed by atoms with E-state index in [1.54, 1.807) is 0 Å². The molecular formula is C43H38O4S. The molecule has 0 saturated carbocycles. The predicted octanol–water partition coefficient (Wildman–Crippen LogP) is 10.5. The molecule has 6 aromatic rings. The second kappa shape index (κ2) is 17.0. The van der Waals surface area contributed by atoms with Gasteiger partial charge in [-0.05, 0) is 58.5 Å². The fourth-order valence-corrected chi connectivity index (χ4v) is 5.50. The molecule has 0 aromatic heterocycles. The van der Waals surface area contributed by atoms with E-state index in [0.29, 0.717) is 50.1 Å². The van der Waals surface area contributed by atoms with E-state index >= 15 is 0 Å². The third-order valence-corrected chi connectivity index (χ3v) is 8.24. The van der Waals surface area contributed by atoms with Crippen LogP contribution in [0, 0.1) is 0 Å². The van der Waals surface area contributed by atoms with Crippen molar-refractivity contribution in [1.29, 1.82) is 0 Å². The van der Waals surface area contributed by atoms with E-state index in [1.165, 1.54) is 0 Å². The zero-order valence-corrected chi connectivity index (χ0v) is 27.6. The lowest BCUT2D eigenvalue weighted by Crippen LogP contribution is -2.02. The molecule has 0 aliphatic carbocycles. The molecule has 48 heavy (non-hydrogen) atoms. The van der Waals surface area contributed by atoms with Crippen LogP contribution in [-0.2, 0) is 32.8 Å². The third kappa shape index (κ3) is 9.34. The number of ether oxygens (including phenoxy) is 4. The fourth-order valence-electron chi connectivity index (χ4n) is 5.16. The van der Waals surface area contributed by atoms with Crippen LogP contribution < -0.4 is 18.9 Å². The Balaban J connectivity index is 1.21. The van der Waals surface area contributed by atoms with E-state index in [0.717, 1.165) is 44.0 Å². The SMILES string of the molecule is Sc1c(OCc2ccccc2)ccc(OCc2ccccc2)c1C/C=C/c1ccc(OCc2ccccc2)c(OCc2ccccc2)c1. The largest absolute Gasteiger partial charge is 0.489 e. The molecule has 0 atom stereocenters. The first-order valence-corrected chi connectivity index (χ1v) is 16.5. The molecule has 5 heteroatoms. The molecule has 240 valence electrons. The summed E-state index contributed by atoms with van der Waals surface area (Å²) in [7, 11) is 0. The third-order valence-electron chi connectivity index (χ3n) is 7.75. The van der Waals surface area contributed by atoms with E-state index in [1.807, 2.05) is 103 Å². The maximum Gasteiger partial charge on any atom is 0.162 e. The maximum absolute atomic E-state index is 6.32. The minimum Gasteiger partial charge on any atom is -0.489 e. The van der Waals surface area contributed by atoms with Crippen LogP contribution in [-0.4, -0.2) is 0 Å². The van der Waals surface area contributed by atoms with E-state index < -0.39 is 0 Å². The second-order valence-electron chi connectivity index (χ2n) is 11.3. The van der Waals surface area contributed by atoms with Crippen molar-refractivity contribution < 1.29 is 18.9 Å². The van der Waals surface area contributed by atoms with Gasteiger partial charge in [0.15, 0.2) is 11.5 Å². The molecule has 6 aromatic carbocycles. The van der Waals surface area contributed by atoms with Crippen molar-refractivity contribution in [2.75, 3.05) is 0 Å². The highest BCUT2D eigenvalue weighted by Crippen LogP contribution is 2.36. The van der Waals surface area contributed by atoms with Gasteiger partial charge in [-0.1, -0.05) is 140 Å². The van der Waals surface area contributed by atoms with Gasteiger partial charge in [-0.25, -0.2) is 0 Å². The summed E-state index contributed by atoms with van der Waals surface area (Å²) in [5.74, 6) is 2.88. The number of rotatable bonds is 15. The van der Waals surface area contributed by atoms with Crippen LogP contribution in [0.1, 0.15) is 33.4 Å². The van der Waals surface area contributed by atoms with Crippen LogP contribution in [0.4, 0.5) is 0 Å². The number of benzene rings is 6. The molecule has 0 radical (unpaired) electrons. The van der Waals surface area contributed by atoms with Crippen molar-refractivity contribution in [3.63, 3.8) is 0 Å². The summed E-state index contributed by atoms with van der Waals surface area (Å²) in [6, 6.07) is 50.5. The van der Waals surface area contributed by atoms with Gasteiger partial charge in [-0.3, -0.25) is 0 Å². The first kappa shape index (κ1) is 32.5. The van der Waals surface area contributed by atoms with Crippen molar-refractivity contribution >= 4 is 18.7 Å². The Morgan fingerprint density at radius 3 is 1.31 bits per heavy atom. The van der Waals surface area contributed by atoms with Crippen LogP contribution in [0.2, 0.25) is 0 Å². The molecule has 0 saturated heterocycles. The fraction of sp³-hybridized carbons (Fsp3) is 0.116. The first-order valence-electron chi connectivity index (χ1n) is 16.0. The smallest absolute Gasteiger partial charge is 0.162 e. The summed E-state index contributed by atoms with van der Waals surface area (Å²) in [5, 5.41) is 0. The molecule has 4 nitrogen and oxygen atoms in total. The molecule has 0 amide bonds. The Hall–Kier alpha value is -5.39. The van der Waals surface area contributed by atoms with Gasteiger partial charge < -0.3 is 18.9 Å². The van der Waals surface area contributed by atoms with Gasteiger partial charge in [0.2, 0.25) is 0 Å². The van der Waals surface area contributed by atoms with Crippen LogP contribution in [0.3, 0.4) is 0 Å². The zero-order chi connectivity index (χ0) is 32.8. The second-order valence-corrected chi connectivity index (χ2v) is 11.7. The Kier molecular flexibility index (Phi) is 11.5. The molecule has 0 N–H and O–H groups in total. The van der Waals surface area contributed by atoms with Crippen LogP contribution in [0.15, 0.2) is 163 Å². The van der Waals surface area contributed by atoms with E-state index in [9.17, 15) is 0 Å². The summed E-state index contributed by atoms with van der Waals surface area (Å²) < 4.78 is 25.0. The Labute approximate surface area is 288 Å². The number of hydrogen-bond acceptors (Lipinski definition) is 5. The van der Waals surface area contributed by atoms with Gasteiger partial charge in [0.25, 0.3) is 0 Å². The lowest BCUT2D eigenvalue weighted by atomic mass is 10.1.